The van der Waals surface area contributed by atoms with Crippen molar-refractivity contribution in [2.45, 2.75) is 25.3 Å². The molecule has 0 spiro atoms. The Balaban J connectivity index is 1.65. The Hall–Kier alpha value is -2.29. The maximum absolute atomic E-state index is 12.3. The smallest absolute Gasteiger partial charge is 0.358 e. The van der Waals surface area contributed by atoms with Gasteiger partial charge in [-0.25, -0.2) is 14.5 Å². The molecule has 116 valence electrons. The van der Waals surface area contributed by atoms with Gasteiger partial charge in [0.1, 0.15) is 0 Å². The van der Waals surface area contributed by atoms with Crippen LogP contribution in [0, 0.1) is 0 Å². The molecule has 0 saturated carbocycles. The molecule has 22 heavy (non-hydrogen) atoms. The number of aromatic nitrogens is 4. The molecule has 3 rings (SSSR count). The lowest BCUT2D eigenvalue weighted by molar-refractivity contribution is -0.132. The Morgan fingerprint density at radius 1 is 1.45 bits per heavy atom. The monoisotopic (exact) mass is 321 g/mol. The molecule has 1 amide bonds. The number of hydrogen-bond donors (Lipinski definition) is 1. The fourth-order valence-corrected chi connectivity index (χ4v) is 3.10. The minimum atomic E-state index is -1.10. The first-order valence-electron chi connectivity index (χ1n) is 6.93. The minimum absolute atomic E-state index is 0.0336. The van der Waals surface area contributed by atoms with E-state index < -0.39 is 5.97 Å². The number of piperidine rings is 1. The van der Waals surface area contributed by atoms with Gasteiger partial charge in [-0.3, -0.25) is 4.79 Å². The molecule has 9 heteroatoms. The first-order chi connectivity index (χ1) is 10.6. The lowest BCUT2D eigenvalue weighted by Gasteiger charge is -2.32. The number of nitrogens with zero attached hydrogens (tertiary/aromatic N) is 5. The van der Waals surface area contributed by atoms with Crippen LogP contribution in [0.5, 0.6) is 0 Å². The van der Waals surface area contributed by atoms with Gasteiger partial charge in [0.2, 0.25) is 5.91 Å². The molecular weight excluding hydrogens is 306 g/mol. The Morgan fingerprint density at radius 3 is 3.00 bits per heavy atom. The van der Waals surface area contributed by atoms with Crippen molar-refractivity contribution in [3.05, 3.63) is 28.5 Å². The van der Waals surface area contributed by atoms with E-state index in [2.05, 4.69) is 15.3 Å². The summed E-state index contributed by atoms with van der Waals surface area (Å²) in [6, 6.07) is -0.0336. The highest BCUT2D eigenvalue weighted by Gasteiger charge is 2.26. The van der Waals surface area contributed by atoms with E-state index >= 15 is 0 Å². The van der Waals surface area contributed by atoms with Crippen LogP contribution in [-0.2, 0) is 11.2 Å². The molecule has 0 aromatic carbocycles. The second kappa shape index (κ2) is 6.22. The topological polar surface area (TPSA) is 101 Å². The number of hydrogen-bond acceptors (Lipinski definition) is 6. The standard InChI is InChI=1S/C13H15N5O3S/c19-12(4-9-7-22-8-14-9)17-3-1-2-10(5-17)18-6-11(13(20)21)15-16-18/h6-8,10H,1-5H2,(H,20,21). The lowest BCUT2D eigenvalue weighted by Crippen LogP contribution is -2.41. The third-order valence-corrected chi connectivity index (χ3v) is 4.30. The summed E-state index contributed by atoms with van der Waals surface area (Å²) >= 11 is 1.47. The number of aromatic carboxylic acids is 1. The number of carboxylic acids is 1. The van der Waals surface area contributed by atoms with E-state index in [1.54, 1.807) is 15.1 Å². The Kier molecular flexibility index (Phi) is 4.14. The highest BCUT2D eigenvalue weighted by molar-refractivity contribution is 7.07. The summed E-state index contributed by atoms with van der Waals surface area (Å²) in [7, 11) is 0. The van der Waals surface area contributed by atoms with Crippen molar-refractivity contribution in [1.29, 1.82) is 0 Å². The SMILES string of the molecule is O=C(O)c1cn(C2CCCN(C(=O)Cc3cscn3)C2)nn1. The lowest BCUT2D eigenvalue weighted by atomic mass is 10.1. The third-order valence-electron chi connectivity index (χ3n) is 3.67. The molecule has 8 nitrogen and oxygen atoms in total. The van der Waals surface area contributed by atoms with Crippen molar-refractivity contribution in [2.24, 2.45) is 0 Å². The summed E-state index contributed by atoms with van der Waals surface area (Å²) in [6.07, 6.45) is 3.42. The van der Waals surface area contributed by atoms with E-state index in [-0.39, 0.29) is 17.6 Å². The van der Waals surface area contributed by atoms with Crippen LogP contribution in [0.25, 0.3) is 0 Å². The molecule has 0 radical (unpaired) electrons. The average Bonchev–Trinajstić information content (AvgIpc) is 3.18. The van der Waals surface area contributed by atoms with E-state index in [1.807, 2.05) is 5.38 Å². The van der Waals surface area contributed by atoms with Gasteiger partial charge in [-0.15, -0.1) is 16.4 Å². The molecule has 1 atom stereocenters. The van der Waals surface area contributed by atoms with Crippen LogP contribution in [0.3, 0.4) is 0 Å². The van der Waals surface area contributed by atoms with Gasteiger partial charge in [-0.05, 0) is 12.8 Å². The van der Waals surface area contributed by atoms with Crippen LogP contribution in [0.1, 0.15) is 35.1 Å². The van der Waals surface area contributed by atoms with Gasteiger partial charge < -0.3 is 10.0 Å². The highest BCUT2D eigenvalue weighted by Crippen LogP contribution is 2.21. The summed E-state index contributed by atoms with van der Waals surface area (Å²) in [4.78, 5) is 29.1. The molecular formula is C13H15N5O3S. The predicted octanol–water partition coefficient (Wildman–Crippen LogP) is 0.839. The number of amides is 1. The normalized spacial score (nSPS) is 18.4. The van der Waals surface area contributed by atoms with E-state index in [0.717, 1.165) is 18.5 Å². The molecule has 0 bridgehead atoms. The van der Waals surface area contributed by atoms with Crippen LogP contribution >= 0.6 is 11.3 Å². The van der Waals surface area contributed by atoms with Gasteiger partial charge in [0.05, 0.1) is 29.9 Å². The molecule has 1 saturated heterocycles. The number of carboxylic acid groups (broad SMARTS) is 1. The largest absolute Gasteiger partial charge is 0.476 e. The van der Waals surface area contributed by atoms with Crippen LogP contribution in [0.2, 0.25) is 0 Å². The molecule has 1 unspecified atom stereocenters. The molecule has 1 aliphatic rings. The van der Waals surface area contributed by atoms with Gasteiger partial charge in [-0.1, -0.05) is 5.21 Å². The van der Waals surface area contributed by atoms with E-state index in [1.165, 1.54) is 17.5 Å². The van der Waals surface area contributed by atoms with Crippen LogP contribution < -0.4 is 0 Å². The molecule has 1 aliphatic heterocycles. The fourth-order valence-electron chi connectivity index (χ4n) is 2.54. The molecule has 1 N–H and O–H groups in total. The quantitative estimate of drug-likeness (QED) is 0.895. The second-order valence-electron chi connectivity index (χ2n) is 5.18. The summed E-state index contributed by atoms with van der Waals surface area (Å²) < 4.78 is 1.55. The number of carbonyl (C=O) groups excluding carboxylic acids is 1. The van der Waals surface area contributed by atoms with Crippen molar-refractivity contribution in [1.82, 2.24) is 24.9 Å². The second-order valence-corrected chi connectivity index (χ2v) is 5.90. The average molecular weight is 321 g/mol. The molecule has 3 heterocycles. The Morgan fingerprint density at radius 2 is 2.32 bits per heavy atom. The molecule has 2 aromatic heterocycles. The van der Waals surface area contributed by atoms with E-state index in [0.29, 0.717) is 19.5 Å². The molecule has 0 aliphatic carbocycles. The van der Waals surface area contributed by atoms with Crippen molar-refractivity contribution < 1.29 is 14.7 Å². The Labute approximate surface area is 130 Å². The fraction of sp³-hybridized carbons (Fsp3) is 0.462. The maximum Gasteiger partial charge on any atom is 0.358 e. The van der Waals surface area contributed by atoms with E-state index in [9.17, 15) is 9.59 Å². The van der Waals surface area contributed by atoms with Crippen molar-refractivity contribution in [3.63, 3.8) is 0 Å². The first kappa shape index (κ1) is 14.6. The Bertz CT molecular complexity index is 669. The van der Waals surface area contributed by atoms with Gasteiger partial charge in [0.25, 0.3) is 0 Å². The van der Waals surface area contributed by atoms with Crippen molar-refractivity contribution in [2.75, 3.05) is 13.1 Å². The summed E-state index contributed by atoms with van der Waals surface area (Å²) in [6.45, 7) is 1.23. The minimum Gasteiger partial charge on any atom is -0.476 e. The number of likely N-dealkylation sites (tertiary alicyclic amines) is 1. The zero-order valence-electron chi connectivity index (χ0n) is 11.8. The third kappa shape index (κ3) is 3.14. The van der Waals surface area contributed by atoms with Crippen LogP contribution in [-0.4, -0.2) is 55.0 Å². The van der Waals surface area contributed by atoms with Crippen LogP contribution in [0.15, 0.2) is 17.1 Å². The van der Waals surface area contributed by atoms with Gasteiger partial charge >= 0.3 is 5.97 Å². The van der Waals surface area contributed by atoms with E-state index in [4.69, 9.17) is 5.11 Å². The number of carbonyl (C=O) groups is 2. The zero-order valence-corrected chi connectivity index (χ0v) is 12.6. The summed E-state index contributed by atoms with van der Waals surface area (Å²) in [5.74, 6) is -1.06. The van der Waals surface area contributed by atoms with Gasteiger partial charge in [0.15, 0.2) is 5.69 Å². The zero-order chi connectivity index (χ0) is 15.5. The van der Waals surface area contributed by atoms with Gasteiger partial charge in [-0.2, -0.15) is 0 Å². The predicted molar refractivity (Wildman–Crippen MR) is 77.7 cm³/mol. The molecule has 1 fully saturated rings. The van der Waals surface area contributed by atoms with Gasteiger partial charge in [0, 0.05) is 18.5 Å². The number of rotatable bonds is 4. The van der Waals surface area contributed by atoms with Crippen LogP contribution in [0.4, 0.5) is 0 Å². The summed E-state index contributed by atoms with van der Waals surface area (Å²) in [5, 5.41) is 18.3. The first-order valence-corrected chi connectivity index (χ1v) is 7.87. The number of thiazole rings is 1. The maximum atomic E-state index is 12.3. The highest BCUT2D eigenvalue weighted by atomic mass is 32.1. The van der Waals surface area contributed by atoms with Crippen molar-refractivity contribution >= 4 is 23.2 Å². The summed E-state index contributed by atoms with van der Waals surface area (Å²) in [5.41, 5.74) is 2.42. The molecule has 2 aromatic rings. The van der Waals surface area contributed by atoms with Crippen molar-refractivity contribution in [3.8, 4) is 0 Å².